The second kappa shape index (κ2) is 6.18. The Morgan fingerprint density at radius 1 is 1.58 bits per heavy atom. The summed E-state index contributed by atoms with van der Waals surface area (Å²) in [5.74, 6) is -0.339. The summed E-state index contributed by atoms with van der Waals surface area (Å²) >= 11 is 6.03. The molecule has 3 nitrogen and oxygen atoms in total. The number of aliphatic hydroxyl groups is 1. The summed E-state index contributed by atoms with van der Waals surface area (Å²) < 4.78 is 18.6. The van der Waals surface area contributed by atoms with Crippen LogP contribution >= 0.6 is 11.6 Å². The zero-order valence-corrected chi connectivity index (χ0v) is 11.7. The maximum Gasteiger partial charge on any atom is 0.123 e. The van der Waals surface area contributed by atoms with E-state index in [9.17, 15) is 9.50 Å². The Labute approximate surface area is 117 Å². The van der Waals surface area contributed by atoms with E-state index < -0.39 is 5.60 Å². The van der Waals surface area contributed by atoms with Gasteiger partial charge in [0.15, 0.2) is 0 Å². The molecule has 0 saturated carbocycles. The number of nitrogens with one attached hydrogen (secondary N) is 1. The van der Waals surface area contributed by atoms with Crippen molar-refractivity contribution in [2.24, 2.45) is 0 Å². The van der Waals surface area contributed by atoms with Gasteiger partial charge in [0, 0.05) is 24.0 Å². The highest BCUT2D eigenvalue weighted by atomic mass is 35.5. The summed E-state index contributed by atoms with van der Waals surface area (Å²) in [6.45, 7) is 3.83. The molecule has 1 aromatic rings. The molecule has 0 aliphatic carbocycles. The van der Waals surface area contributed by atoms with Crippen LogP contribution in [0, 0.1) is 5.82 Å². The molecule has 1 aromatic carbocycles. The molecule has 106 valence electrons. The second-order valence-corrected chi connectivity index (χ2v) is 5.75. The van der Waals surface area contributed by atoms with Crippen molar-refractivity contribution in [3.8, 4) is 0 Å². The van der Waals surface area contributed by atoms with Gasteiger partial charge in [-0.2, -0.15) is 0 Å². The van der Waals surface area contributed by atoms with Crippen LogP contribution in [0.4, 0.5) is 4.39 Å². The summed E-state index contributed by atoms with van der Waals surface area (Å²) in [4.78, 5) is 0. The maximum atomic E-state index is 13.2. The van der Waals surface area contributed by atoms with E-state index in [-0.39, 0.29) is 11.9 Å². The number of halogens is 2. The molecule has 5 heteroatoms. The van der Waals surface area contributed by atoms with Crippen molar-refractivity contribution in [2.75, 3.05) is 19.8 Å². The number of ether oxygens (including phenoxy) is 1. The zero-order valence-electron chi connectivity index (χ0n) is 11.0. The molecule has 1 aliphatic heterocycles. The maximum absolute atomic E-state index is 13.2. The van der Waals surface area contributed by atoms with Gasteiger partial charge in [-0.05, 0) is 37.1 Å². The van der Waals surface area contributed by atoms with E-state index in [1.165, 1.54) is 18.2 Å². The van der Waals surface area contributed by atoms with E-state index in [1.807, 2.05) is 0 Å². The lowest BCUT2D eigenvalue weighted by Crippen LogP contribution is -2.46. The topological polar surface area (TPSA) is 41.5 Å². The van der Waals surface area contributed by atoms with E-state index in [1.54, 1.807) is 6.92 Å². The Hall–Kier alpha value is -0.680. The lowest BCUT2D eigenvalue weighted by atomic mass is 9.89. The molecular formula is C14H19ClFNO2. The summed E-state index contributed by atoms with van der Waals surface area (Å²) in [6, 6.07) is 4.33. The quantitative estimate of drug-likeness (QED) is 0.892. The highest BCUT2D eigenvalue weighted by molar-refractivity contribution is 6.31. The monoisotopic (exact) mass is 287 g/mol. The molecule has 1 fully saturated rings. The van der Waals surface area contributed by atoms with Crippen molar-refractivity contribution in [1.82, 2.24) is 5.32 Å². The van der Waals surface area contributed by atoms with E-state index in [2.05, 4.69) is 5.32 Å². The predicted octanol–water partition coefficient (Wildman–Crippen LogP) is 2.15. The van der Waals surface area contributed by atoms with Gasteiger partial charge in [0.2, 0.25) is 0 Å². The molecule has 0 spiro atoms. The summed E-state index contributed by atoms with van der Waals surface area (Å²) in [6.07, 6.45) is 0.863. The zero-order chi connectivity index (χ0) is 13.9. The van der Waals surface area contributed by atoms with Crippen LogP contribution in [0.2, 0.25) is 5.02 Å². The molecule has 2 rings (SSSR count). The Balaban J connectivity index is 2.00. The largest absolute Gasteiger partial charge is 0.390 e. The van der Waals surface area contributed by atoms with E-state index in [4.69, 9.17) is 16.3 Å². The van der Waals surface area contributed by atoms with Gasteiger partial charge in [0.25, 0.3) is 0 Å². The summed E-state index contributed by atoms with van der Waals surface area (Å²) in [5.41, 5.74) is -0.320. The molecule has 1 heterocycles. The molecule has 0 radical (unpaired) electrons. The minimum Gasteiger partial charge on any atom is -0.390 e. The van der Waals surface area contributed by atoms with Crippen LogP contribution < -0.4 is 5.32 Å². The van der Waals surface area contributed by atoms with Gasteiger partial charge in [-0.1, -0.05) is 11.6 Å². The van der Waals surface area contributed by atoms with Crippen molar-refractivity contribution in [3.05, 3.63) is 34.6 Å². The van der Waals surface area contributed by atoms with Crippen LogP contribution in [-0.2, 0) is 11.2 Å². The van der Waals surface area contributed by atoms with Crippen LogP contribution in [0.5, 0.6) is 0 Å². The third-order valence-electron chi connectivity index (χ3n) is 3.26. The van der Waals surface area contributed by atoms with Crippen molar-refractivity contribution >= 4 is 11.6 Å². The molecule has 2 atom stereocenters. The number of benzene rings is 1. The predicted molar refractivity (Wildman–Crippen MR) is 73.0 cm³/mol. The van der Waals surface area contributed by atoms with Gasteiger partial charge in [0.1, 0.15) is 5.82 Å². The minimum absolute atomic E-state index is 0.121. The first-order valence-corrected chi connectivity index (χ1v) is 6.81. The standard InChI is InChI=1S/C14H19ClFNO2/c1-14(18,8-12-9-19-5-4-17-12)7-10-6-11(16)2-3-13(10)15/h2-3,6,12,17-18H,4-5,7-9H2,1H3. The fraction of sp³-hybridized carbons (Fsp3) is 0.571. The van der Waals surface area contributed by atoms with Gasteiger partial charge in [-0.3, -0.25) is 0 Å². The van der Waals surface area contributed by atoms with Crippen molar-refractivity contribution in [1.29, 1.82) is 0 Å². The summed E-state index contributed by atoms with van der Waals surface area (Å²) in [5, 5.41) is 14.2. The Bertz CT molecular complexity index is 433. The lowest BCUT2D eigenvalue weighted by Gasteiger charge is -2.31. The average Bonchev–Trinajstić information content (AvgIpc) is 2.34. The molecule has 0 aromatic heterocycles. The van der Waals surface area contributed by atoms with E-state index in [0.29, 0.717) is 36.6 Å². The van der Waals surface area contributed by atoms with Gasteiger partial charge in [0.05, 0.1) is 18.8 Å². The second-order valence-electron chi connectivity index (χ2n) is 5.34. The number of morpholine rings is 1. The van der Waals surface area contributed by atoms with Crippen molar-refractivity contribution in [2.45, 2.75) is 31.4 Å². The normalized spacial score (nSPS) is 23.1. The smallest absolute Gasteiger partial charge is 0.123 e. The third-order valence-corrected chi connectivity index (χ3v) is 3.63. The highest BCUT2D eigenvalue weighted by Crippen LogP contribution is 2.25. The van der Waals surface area contributed by atoms with E-state index >= 15 is 0 Å². The van der Waals surface area contributed by atoms with Crippen LogP contribution in [0.1, 0.15) is 18.9 Å². The minimum atomic E-state index is -0.949. The molecule has 19 heavy (non-hydrogen) atoms. The van der Waals surface area contributed by atoms with Crippen LogP contribution in [0.25, 0.3) is 0 Å². The molecular weight excluding hydrogens is 269 g/mol. The first-order chi connectivity index (χ1) is 8.96. The van der Waals surface area contributed by atoms with Gasteiger partial charge >= 0.3 is 0 Å². The first-order valence-electron chi connectivity index (χ1n) is 6.44. The Kier molecular flexibility index (Phi) is 4.79. The third kappa shape index (κ3) is 4.42. The molecule has 1 saturated heterocycles. The first kappa shape index (κ1) is 14.7. The molecule has 2 N–H and O–H groups in total. The average molecular weight is 288 g/mol. The number of rotatable bonds is 4. The van der Waals surface area contributed by atoms with Crippen molar-refractivity contribution < 1.29 is 14.2 Å². The van der Waals surface area contributed by atoms with Crippen LogP contribution in [-0.4, -0.2) is 36.5 Å². The molecule has 1 aliphatic rings. The van der Waals surface area contributed by atoms with Crippen LogP contribution in [0.3, 0.4) is 0 Å². The van der Waals surface area contributed by atoms with Gasteiger partial charge < -0.3 is 15.2 Å². The number of hydrogen-bond donors (Lipinski definition) is 2. The highest BCUT2D eigenvalue weighted by Gasteiger charge is 2.28. The molecule has 0 bridgehead atoms. The lowest BCUT2D eigenvalue weighted by molar-refractivity contribution is 0.00649. The Morgan fingerprint density at radius 3 is 3.05 bits per heavy atom. The van der Waals surface area contributed by atoms with Gasteiger partial charge in [-0.15, -0.1) is 0 Å². The Morgan fingerprint density at radius 2 is 2.37 bits per heavy atom. The fourth-order valence-corrected chi connectivity index (χ4v) is 2.63. The molecule has 0 amide bonds. The summed E-state index contributed by atoms with van der Waals surface area (Å²) in [7, 11) is 0. The van der Waals surface area contributed by atoms with Crippen LogP contribution in [0.15, 0.2) is 18.2 Å². The SMILES string of the molecule is CC(O)(Cc1cc(F)ccc1Cl)CC1COCCN1. The fourth-order valence-electron chi connectivity index (χ4n) is 2.44. The molecule has 2 unspecified atom stereocenters. The van der Waals surface area contributed by atoms with Crippen molar-refractivity contribution in [3.63, 3.8) is 0 Å². The van der Waals surface area contributed by atoms with Gasteiger partial charge in [-0.25, -0.2) is 4.39 Å². The number of hydrogen-bond acceptors (Lipinski definition) is 3. The van der Waals surface area contributed by atoms with E-state index in [0.717, 1.165) is 6.54 Å².